The minimum atomic E-state index is 0.335. The molecular formula is C12H19N3. The van der Waals surface area contributed by atoms with Crippen LogP contribution in [0.5, 0.6) is 0 Å². The second-order valence-corrected chi connectivity index (χ2v) is 4.64. The molecule has 0 amide bonds. The maximum absolute atomic E-state index is 6.00. The summed E-state index contributed by atoms with van der Waals surface area (Å²) in [5.74, 6) is 0.613. The lowest BCUT2D eigenvalue weighted by Gasteiger charge is -2.16. The predicted octanol–water partition coefficient (Wildman–Crippen LogP) is 1.17. The molecule has 0 bridgehead atoms. The van der Waals surface area contributed by atoms with Crippen LogP contribution in [0.3, 0.4) is 0 Å². The van der Waals surface area contributed by atoms with Gasteiger partial charge < -0.3 is 5.73 Å². The van der Waals surface area contributed by atoms with Gasteiger partial charge in [-0.3, -0.25) is 9.88 Å². The summed E-state index contributed by atoms with van der Waals surface area (Å²) in [6.07, 6.45) is 3.81. The molecule has 15 heavy (non-hydrogen) atoms. The lowest BCUT2D eigenvalue weighted by Crippen LogP contribution is -2.28. The van der Waals surface area contributed by atoms with Crippen LogP contribution in [0.15, 0.2) is 18.5 Å². The Kier molecular flexibility index (Phi) is 3.03. The quantitative estimate of drug-likeness (QED) is 0.788. The van der Waals surface area contributed by atoms with Crippen molar-refractivity contribution in [2.75, 3.05) is 13.1 Å². The molecule has 2 heterocycles. The smallest absolute Gasteiger partial charge is 0.0315 e. The van der Waals surface area contributed by atoms with Gasteiger partial charge in [0, 0.05) is 38.1 Å². The molecule has 0 aromatic carbocycles. The van der Waals surface area contributed by atoms with Crippen molar-refractivity contribution in [3.05, 3.63) is 29.6 Å². The van der Waals surface area contributed by atoms with Crippen LogP contribution in [0.25, 0.3) is 0 Å². The molecule has 0 radical (unpaired) electrons. The highest BCUT2D eigenvalue weighted by atomic mass is 15.2. The largest absolute Gasteiger partial charge is 0.326 e. The second kappa shape index (κ2) is 4.29. The molecule has 1 aromatic rings. The maximum Gasteiger partial charge on any atom is 0.0315 e. The fraction of sp³-hybridized carbons (Fsp3) is 0.583. The summed E-state index contributed by atoms with van der Waals surface area (Å²) in [4.78, 5) is 6.58. The monoisotopic (exact) mass is 205 g/mol. The first-order valence-corrected chi connectivity index (χ1v) is 5.54. The van der Waals surface area contributed by atoms with Crippen LogP contribution in [0, 0.1) is 12.8 Å². The van der Waals surface area contributed by atoms with Crippen LogP contribution in [-0.2, 0) is 6.54 Å². The molecule has 2 atom stereocenters. The Bertz CT molecular complexity index is 327. The highest BCUT2D eigenvalue weighted by molar-refractivity contribution is 5.21. The van der Waals surface area contributed by atoms with Crippen molar-refractivity contribution in [2.24, 2.45) is 11.7 Å². The van der Waals surface area contributed by atoms with Gasteiger partial charge in [-0.25, -0.2) is 0 Å². The Labute approximate surface area is 91.3 Å². The summed E-state index contributed by atoms with van der Waals surface area (Å²) < 4.78 is 0. The van der Waals surface area contributed by atoms with E-state index in [1.807, 2.05) is 12.4 Å². The number of nitrogens with two attached hydrogens (primary N) is 1. The molecule has 3 heteroatoms. The molecule has 0 saturated carbocycles. The molecule has 1 fully saturated rings. The van der Waals surface area contributed by atoms with Gasteiger partial charge in [-0.1, -0.05) is 6.92 Å². The molecule has 0 spiro atoms. The number of hydrogen-bond donors (Lipinski definition) is 1. The summed E-state index contributed by atoms with van der Waals surface area (Å²) >= 11 is 0. The van der Waals surface area contributed by atoms with E-state index in [4.69, 9.17) is 5.73 Å². The van der Waals surface area contributed by atoms with Gasteiger partial charge in [-0.05, 0) is 30.0 Å². The third-order valence-corrected chi connectivity index (χ3v) is 3.29. The number of aryl methyl sites for hydroxylation is 1. The van der Waals surface area contributed by atoms with Crippen molar-refractivity contribution in [3.8, 4) is 0 Å². The minimum Gasteiger partial charge on any atom is -0.326 e. The molecule has 2 unspecified atom stereocenters. The van der Waals surface area contributed by atoms with Crippen LogP contribution in [0.1, 0.15) is 18.1 Å². The highest BCUT2D eigenvalue weighted by Gasteiger charge is 2.26. The predicted molar refractivity (Wildman–Crippen MR) is 61.4 cm³/mol. The van der Waals surface area contributed by atoms with Crippen molar-refractivity contribution in [1.82, 2.24) is 9.88 Å². The van der Waals surface area contributed by atoms with Crippen molar-refractivity contribution in [3.63, 3.8) is 0 Å². The molecule has 82 valence electrons. The zero-order valence-electron chi connectivity index (χ0n) is 9.48. The van der Waals surface area contributed by atoms with E-state index >= 15 is 0 Å². The minimum absolute atomic E-state index is 0.335. The number of likely N-dealkylation sites (tertiary alicyclic amines) is 1. The van der Waals surface area contributed by atoms with E-state index in [0.717, 1.165) is 19.6 Å². The molecule has 3 nitrogen and oxygen atoms in total. The Morgan fingerprint density at radius 1 is 1.53 bits per heavy atom. The third-order valence-electron chi connectivity index (χ3n) is 3.29. The fourth-order valence-electron chi connectivity index (χ4n) is 2.13. The Hall–Kier alpha value is -0.930. The average Bonchev–Trinajstić information content (AvgIpc) is 2.50. The SMILES string of the molecule is Cc1ccncc1CN1CC(C)C(N)C1. The first-order valence-electron chi connectivity index (χ1n) is 5.54. The van der Waals surface area contributed by atoms with Crippen LogP contribution >= 0.6 is 0 Å². The average molecular weight is 205 g/mol. The molecular weight excluding hydrogens is 186 g/mol. The van der Waals surface area contributed by atoms with Gasteiger partial charge in [0.1, 0.15) is 0 Å². The summed E-state index contributed by atoms with van der Waals surface area (Å²) in [6, 6.07) is 2.40. The third kappa shape index (κ3) is 2.36. The number of pyridine rings is 1. The standard InChI is InChI=1S/C12H19N3/c1-9-3-4-14-5-11(9)7-15-6-10(2)12(13)8-15/h3-5,10,12H,6-8,13H2,1-2H3. The number of rotatable bonds is 2. The van der Waals surface area contributed by atoms with E-state index in [1.54, 1.807) is 0 Å². The van der Waals surface area contributed by atoms with Crippen molar-refractivity contribution >= 4 is 0 Å². The number of hydrogen-bond acceptors (Lipinski definition) is 3. The van der Waals surface area contributed by atoms with Gasteiger partial charge in [-0.15, -0.1) is 0 Å². The number of nitrogens with zero attached hydrogens (tertiary/aromatic N) is 2. The summed E-state index contributed by atoms with van der Waals surface area (Å²) in [5, 5.41) is 0. The van der Waals surface area contributed by atoms with Gasteiger partial charge >= 0.3 is 0 Å². The lowest BCUT2D eigenvalue weighted by atomic mass is 10.1. The summed E-state index contributed by atoms with van der Waals surface area (Å²) in [7, 11) is 0. The van der Waals surface area contributed by atoms with E-state index in [1.165, 1.54) is 11.1 Å². The zero-order chi connectivity index (χ0) is 10.8. The normalized spacial score (nSPS) is 27.1. The molecule has 2 N–H and O–H groups in total. The first-order chi connectivity index (χ1) is 7.16. The lowest BCUT2D eigenvalue weighted by molar-refractivity contribution is 0.318. The Morgan fingerprint density at radius 3 is 2.93 bits per heavy atom. The van der Waals surface area contributed by atoms with E-state index in [-0.39, 0.29) is 0 Å². The maximum atomic E-state index is 6.00. The van der Waals surface area contributed by atoms with Gasteiger partial charge in [0.15, 0.2) is 0 Å². The second-order valence-electron chi connectivity index (χ2n) is 4.64. The van der Waals surface area contributed by atoms with Gasteiger partial charge in [0.2, 0.25) is 0 Å². The van der Waals surface area contributed by atoms with E-state index in [0.29, 0.717) is 12.0 Å². The summed E-state index contributed by atoms with van der Waals surface area (Å²) in [6.45, 7) is 7.46. The highest BCUT2D eigenvalue weighted by Crippen LogP contribution is 2.18. The Balaban J connectivity index is 2.01. The molecule has 1 aromatic heterocycles. The van der Waals surface area contributed by atoms with Crippen LogP contribution in [0.2, 0.25) is 0 Å². The van der Waals surface area contributed by atoms with Gasteiger partial charge in [0.05, 0.1) is 0 Å². The summed E-state index contributed by atoms with van der Waals surface area (Å²) in [5.41, 5.74) is 8.64. The molecule has 0 aliphatic carbocycles. The molecule has 1 aliphatic rings. The van der Waals surface area contributed by atoms with Crippen molar-refractivity contribution in [1.29, 1.82) is 0 Å². The topological polar surface area (TPSA) is 42.2 Å². The van der Waals surface area contributed by atoms with Crippen LogP contribution in [-0.4, -0.2) is 29.0 Å². The van der Waals surface area contributed by atoms with Crippen LogP contribution in [0.4, 0.5) is 0 Å². The van der Waals surface area contributed by atoms with Gasteiger partial charge in [0.25, 0.3) is 0 Å². The fourth-order valence-corrected chi connectivity index (χ4v) is 2.13. The number of aromatic nitrogens is 1. The van der Waals surface area contributed by atoms with Crippen molar-refractivity contribution in [2.45, 2.75) is 26.4 Å². The Morgan fingerprint density at radius 2 is 2.33 bits per heavy atom. The first kappa shape index (κ1) is 10.6. The molecule has 1 saturated heterocycles. The van der Waals surface area contributed by atoms with Gasteiger partial charge in [-0.2, -0.15) is 0 Å². The molecule has 1 aliphatic heterocycles. The molecule has 2 rings (SSSR count). The van der Waals surface area contributed by atoms with Crippen LogP contribution < -0.4 is 5.73 Å². The van der Waals surface area contributed by atoms with E-state index in [2.05, 4.69) is 29.8 Å². The van der Waals surface area contributed by atoms with E-state index in [9.17, 15) is 0 Å². The van der Waals surface area contributed by atoms with E-state index < -0.39 is 0 Å². The zero-order valence-corrected chi connectivity index (χ0v) is 9.48. The van der Waals surface area contributed by atoms with Crippen molar-refractivity contribution < 1.29 is 0 Å².